The van der Waals surface area contributed by atoms with Crippen molar-refractivity contribution in [2.75, 3.05) is 54.9 Å². The van der Waals surface area contributed by atoms with Gasteiger partial charge in [-0.1, -0.05) is 6.07 Å². The van der Waals surface area contributed by atoms with Crippen molar-refractivity contribution >= 4 is 23.2 Å². The zero-order valence-electron chi connectivity index (χ0n) is 15.6. The van der Waals surface area contributed by atoms with Crippen LogP contribution in [0, 0.1) is 0 Å². The van der Waals surface area contributed by atoms with Crippen molar-refractivity contribution in [3.05, 3.63) is 36.5 Å². The Hall–Kier alpha value is -3.21. The molecule has 9 nitrogen and oxygen atoms in total. The molecule has 11 heteroatoms. The van der Waals surface area contributed by atoms with Crippen molar-refractivity contribution < 1.29 is 23.0 Å². The van der Waals surface area contributed by atoms with E-state index in [1.807, 2.05) is 6.07 Å². The summed E-state index contributed by atoms with van der Waals surface area (Å²) in [7, 11) is 0. The average molecular weight is 408 g/mol. The largest absolute Gasteiger partial charge is 0.435 e. The molecule has 0 spiro atoms. The summed E-state index contributed by atoms with van der Waals surface area (Å²) in [6.45, 7) is 0.802. The van der Waals surface area contributed by atoms with Gasteiger partial charge in [-0.3, -0.25) is 0 Å². The number of benzene rings is 1. The van der Waals surface area contributed by atoms with Gasteiger partial charge in [0.15, 0.2) is 5.82 Å². The first-order valence-corrected chi connectivity index (χ1v) is 9.09. The number of halogens is 2. The maximum Gasteiger partial charge on any atom is 0.387 e. The van der Waals surface area contributed by atoms with Crippen LogP contribution in [0.2, 0.25) is 0 Å². The van der Waals surface area contributed by atoms with E-state index in [4.69, 9.17) is 4.74 Å². The highest BCUT2D eigenvalue weighted by molar-refractivity contribution is 5.89. The molecule has 0 radical (unpaired) electrons. The van der Waals surface area contributed by atoms with Gasteiger partial charge >= 0.3 is 12.6 Å². The Balaban J connectivity index is 1.40. The van der Waals surface area contributed by atoms with Crippen LogP contribution in [0.25, 0.3) is 0 Å². The minimum atomic E-state index is -2.92. The maximum atomic E-state index is 12.2. The predicted octanol–water partition coefficient (Wildman–Crippen LogP) is 2.15. The van der Waals surface area contributed by atoms with Gasteiger partial charge in [-0.2, -0.15) is 13.9 Å². The summed E-state index contributed by atoms with van der Waals surface area (Å²) in [5.41, 5.74) is 1.31. The van der Waals surface area contributed by atoms with Crippen LogP contribution in [0.1, 0.15) is 0 Å². The molecule has 1 fully saturated rings. The van der Waals surface area contributed by atoms with Gasteiger partial charge in [0.2, 0.25) is 0 Å². The fourth-order valence-corrected chi connectivity index (χ4v) is 2.73. The highest BCUT2D eigenvalue weighted by Gasteiger charge is 2.12. The molecule has 3 N–H and O–H groups in total. The van der Waals surface area contributed by atoms with E-state index in [1.165, 1.54) is 18.2 Å². The number of hydrogen-bond acceptors (Lipinski definition) is 7. The Kier molecular flexibility index (Phi) is 7.34. The highest BCUT2D eigenvalue weighted by atomic mass is 19.3. The molecular formula is C18H22F2N6O3. The molecule has 29 heavy (non-hydrogen) atoms. The average Bonchev–Trinajstić information content (AvgIpc) is 2.72. The lowest BCUT2D eigenvalue weighted by molar-refractivity contribution is -0.0497. The third-order valence-corrected chi connectivity index (χ3v) is 4.05. The van der Waals surface area contributed by atoms with Gasteiger partial charge in [0.25, 0.3) is 0 Å². The lowest BCUT2D eigenvalue weighted by Crippen LogP contribution is -2.36. The van der Waals surface area contributed by atoms with Crippen molar-refractivity contribution in [1.29, 1.82) is 0 Å². The molecule has 2 heterocycles. The Morgan fingerprint density at radius 3 is 2.86 bits per heavy atom. The lowest BCUT2D eigenvalue weighted by atomic mass is 10.3. The van der Waals surface area contributed by atoms with Crippen molar-refractivity contribution in [3.63, 3.8) is 0 Å². The Morgan fingerprint density at radius 1 is 1.24 bits per heavy atom. The third kappa shape index (κ3) is 6.71. The van der Waals surface area contributed by atoms with Gasteiger partial charge < -0.3 is 30.3 Å². The second-order valence-electron chi connectivity index (χ2n) is 6.11. The number of urea groups is 1. The van der Waals surface area contributed by atoms with Crippen molar-refractivity contribution in [1.82, 2.24) is 15.5 Å². The molecule has 3 rings (SSSR count). The van der Waals surface area contributed by atoms with Crippen LogP contribution in [-0.2, 0) is 4.74 Å². The fourth-order valence-electron chi connectivity index (χ4n) is 2.73. The number of nitrogens with zero attached hydrogens (tertiary/aromatic N) is 3. The molecule has 1 aliphatic rings. The molecule has 0 bridgehead atoms. The van der Waals surface area contributed by atoms with E-state index in [-0.39, 0.29) is 5.75 Å². The van der Waals surface area contributed by atoms with Gasteiger partial charge in [-0.25, -0.2) is 4.79 Å². The predicted molar refractivity (Wildman–Crippen MR) is 104 cm³/mol. The molecule has 2 amide bonds. The van der Waals surface area contributed by atoms with Crippen molar-refractivity contribution in [2.45, 2.75) is 6.61 Å². The second kappa shape index (κ2) is 10.4. The number of carbonyl (C=O) groups excluding carboxylic acids is 1. The first-order chi connectivity index (χ1) is 14.1. The van der Waals surface area contributed by atoms with Crippen molar-refractivity contribution in [2.24, 2.45) is 0 Å². The van der Waals surface area contributed by atoms with Gasteiger partial charge in [0.05, 0.1) is 25.1 Å². The zero-order valence-corrected chi connectivity index (χ0v) is 15.6. The van der Waals surface area contributed by atoms with Crippen LogP contribution in [0.15, 0.2) is 36.5 Å². The molecule has 0 aliphatic carbocycles. The molecule has 1 aromatic heterocycles. The van der Waals surface area contributed by atoms with E-state index < -0.39 is 12.6 Å². The Bertz CT molecular complexity index is 805. The van der Waals surface area contributed by atoms with Gasteiger partial charge in [-0.05, 0) is 12.1 Å². The van der Waals surface area contributed by atoms with Crippen LogP contribution in [0.5, 0.6) is 5.75 Å². The smallest absolute Gasteiger partial charge is 0.387 e. The number of ether oxygens (including phenoxy) is 2. The lowest BCUT2D eigenvalue weighted by Gasteiger charge is -2.28. The second-order valence-corrected chi connectivity index (χ2v) is 6.11. The summed E-state index contributed by atoms with van der Waals surface area (Å²) in [6.07, 6.45) is 1.70. The van der Waals surface area contributed by atoms with E-state index in [9.17, 15) is 13.6 Å². The maximum absolute atomic E-state index is 12.2. The summed E-state index contributed by atoms with van der Waals surface area (Å²) in [4.78, 5) is 14.1. The first kappa shape index (κ1) is 20.5. The number of alkyl halides is 2. The fraction of sp³-hybridized carbons (Fsp3) is 0.389. The van der Waals surface area contributed by atoms with E-state index in [0.717, 1.165) is 18.8 Å². The Labute approximate surface area is 166 Å². The molecule has 2 aromatic rings. The van der Waals surface area contributed by atoms with Crippen LogP contribution in [0.3, 0.4) is 0 Å². The molecular weight excluding hydrogens is 386 g/mol. The number of nitrogens with one attached hydrogen (secondary N) is 3. The van der Waals surface area contributed by atoms with Crippen LogP contribution < -0.4 is 25.6 Å². The molecule has 0 saturated carbocycles. The molecule has 1 saturated heterocycles. The number of morpholine rings is 1. The number of aromatic nitrogens is 2. The monoisotopic (exact) mass is 408 g/mol. The normalized spacial score (nSPS) is 13.8. The summed E-state index contributed by atoms with van der Waals surface area (Å²) in [6, 6.07) is 7.21. The SMILES string of the molecule is O=C(NCCNc1cc(N2CCOCC2)cnn1)Nc1cccc(OC(F)F)c1. The van der Waals surface area contributed by atoms with Gasteiger partial charge in [0.1, 0.15) is 5.75 Å². The molecule has 156 valence electrons. The Morgan fingerprint density at radius 2 is 2.07 bits per heavy atom. The highest BCUT2D eigenvalue weighted by Crippen LogP contribution is 2.19. The zero-order chi connectivity index (χ0) is 20.5. The van der Waals surface area contributed by atoms with Crippen LogP contribution >= 0.6 is 0 Å². The first-order valence-electron chi connectivity index (χ1n) is 9.09. The van der Waals surface area contributed by atoms with E-state index in [2.05, 4.69) is 35.8 Å². The minimum absolute atomic E-state index is 0.0295. The number of rotatable bonds is 8. The molecule has 1 aliphatic heterocycles. The number of amides is 2. The van der Waals surface area contributed by atoms with Crippen LogP contribution in [-0.4, -0.2) is 62.2 Å². The van der Waals surface area contributed by atoms with E-state index in [0.29, 0.717) is 37.8 Å². The van der Waals surface area contributed by atoms with E-state index >= 15 is 0 Å². The standard InChI is InChI=1S/C18H22F2N6O3/c19-17(20)29-15-3-1-2-13(10-15)24-18(27)22-5-4-21-16-11-14(12-23-25-16)26-6-8-28-9-7-26/h1-3,10-12,17H,4-9H2,(H,21,25)(H2,22,24,27). The summed E-state index contributed by atoms with van der Waals surface area (Å²) < 4.78 is 34.1. The molecule has 0 atom stereocenters. The third-order valence-electron chi connectivity index (χ3n) is 4.05. The summed E-state index contributed by atoms with van der Waals surface area (Å²) in [5.74, 6) is 0.575. The number of carbonyl (C=O) groups is 1. The van der Waals surface area contributed by atoms with Gasteiger partial charge in [0, 0.05) is 44.0 Å². The molecule has 0 unspecified atom stereocenters. The topological polar surface area (TPSA) is 101 Å². The molecule has 1 aromatic carbocycles. The minimum Gasteiger partial charge on any atom is -0.435 e. The van der Waals surface area contributed by atoms with Crippen LogP contribution in [0.4, 0.5) is 30.8 Å². The summed E-state index contributed by atoms with van der Waals surface area (Å²) >= 11 is 0. The summed E-state index contributed by atoms with van der Waals surface area (Å²) in [5, 5.41) is 16.3. The van der Waals surface area contributed by atoms with Crippen molar-refractivity contribution in [3.8, 4) is 5.75 Å². The van der Waals surface area contributed by atoms with Gasteiger partial charge in [-0.15, -0.1) is 5.10 Å². The number of hydrogen-bond donors (Lipinski definition) is 3. The van der Waals surface area contributed by atoms with E-state index in [1.54, 1.807) is 12.3 Å². The quantitative estimate of drug-likeness (QED) is 0.576. The number of anilines is 3.